The lowest BCUT2D eigenvalue weighted by Crippen LogP contribution is -2.70. The van der Waals surface area contributed by atoms with Crippen LogP contribution in [0.15, 0.2) is 0 Å². The van der Waals surface area contributed by atoms with E-state index in [1.807, 2.05) is 0 Å². The summed E-state index contributed by atoms with van der Waals surface area (Å²) in [5, 5.41) is 61.7. The van der Waals surface area contributed by atoms with Gasteiger partial charge in [0.2, 0.25) is 17.7 Å². The van der Waals surface area contributed by atoms with E-state index in [1.54, 1.807) is 0 Å². The van der Waals surface area contributed by atoms with Crippen LogP contribution in [0, 0.1) is 0 Å². The van der Waals surface area contributed by atoms with Gasteiger partial charge in [0.25, 0.3) is 0 Å². The molecule has 1 fully saturated rings. The van der Waals surface area contributed by atoms with Crippen molar-refractivity contribution in [2.24, 2.45) is 11.5 Å². The minimum absolute atomic E-state index is 0.0508. The predicted octanol–water partition coefficient (Wildman–Crippen LogP) is -4.01. The van der Waals surface area contributed by atoms with Gasteiger partial charge in [-0.3, -0.25) is 19.2 Å². The molecule has 0 aromatic carbocycles. The van der Waals surface area contributed by atoms with E-state index in [0.29, 0.717) is 0 Å². The number of rotatable bonds is 19. The molecule has 0 aromatic heterocycles. The second-order valence-corrected chi connectivity index (χ2v) is 10.8. The SMILES string of the molecule is CC(=O)N(C1O[C@H](CO)[C@@H](O)[C@H](O[C@H](C)C(=O)O)[C@H]1N)[C@@H](C)C(=O)N[C@H](CCC(=O)N[C@@H](CCC[C@@H](N)C(=O)O)C(=O)O)C(=O)O. The molecule has 0 saturated carbocycles. The summed E-state index contributed by atoms with van der Waals surface area (Å²) >= 11 is 0. The zero-order valence-electron chi connectivity index (χ0n) is 25.5. The van der Waals surface area contributed by atoms with Crippen molar-refractivity contribution in [1.29, 1.82) is 0 Å². The van der Waals surface area contributed by atoms with Crippen LogP contribution in [0.2, 0.25) is 0 Å². The summed E-state index contributed by atoms with van der Waals surface area (Å²) in [5.74, 6) is -8.37. The zero-order chi connectivity index (χ0) is 35.5. The van der Waals surface area contributed by atoms with Crippen LogP contribution in [0.5, 0.6) is 0 Å². The van der Waals surface area contributed by atoms with Gasteiger partial charge >= 0.3 is 23.9 Å². The Morgan fingerprint density at radius 1 is 0.891 bits per heavy atom. The normalized spacial score (nSPS) is 24.4. The lowest BCUT2D eigenvalue weighted by atomic mass is 9.94. The largest absolute Gasteiger partial charge is 0.480 e. The van der Waals surface area contributed by atoms with E-state index in [4.69, 9.17) is 26.0 Å². The first-order valence-electron chi connectivity index (χ1n) is 14.2. The van der Waals surface area contributed by atoms with Crippen LogP contribution in [0.1, 0.15) is 52.9 Å². The summed E-state index contributed by atoms with van der Waals surface area (Å²) < 4.78 is 10.9. The number of aliphatic carboxylic acids is 4. The monoisotopic (exact) mass is 665 g/mol. The summed E-state index contributed by atoms with van der Waals surface area (Å²) in [7, 11) is 0. The summed E-state index contributed by atoms with van der Waals surface area (Å²) in [4.78, 5) is 84.6. The third kappa shape index (κ3) is 11.4. The molecule has 1 unspecified atom stereocenters. The lowest BCUT2D eigenvalue weighted by Gasteiger charge is -2.48. The highest BCUT2D eigenvalue weighted by Gasteiger charge is 2.49. The van der Waals surface area contributed by atoms with Crippen molar-refractivity contribution in [3.63, 3.8) is 0 Å². The number of carboxylic acids is 4. The van der Waals surface area contributed by atoms with Gasteiger partial charge in [0.1, 0.15) is 42.5 Å². The quantitative estimate of drug-likeness (QED) is 0.0628. The van der Waals surface area contributed by atoms with E-state index in [9.17, 15) is 59.1 Å². The van der Waals surface area contributed by atoms with Crippen molar-refractivity contribution in [2.75, 3.05) is 6.61 Å². The highest BCUT2D eigenvalue weighted by atomic mass is 16.6. The third-order valence-corrected chi connectivity index (χ3v) is 7.30. The van der Waals surface area contributed by atoms with Gasteiger partial charge in [0, 0.05) is 13.3 Å². The maximum atomic E-state index is 13.1. The first kappa shape index (κ1) is 40.1. The van der Waals surface area contributed by atoms with Gasteiger partial charge in [-0.2, -0.15) is 0 Å². The van der Waals surface area contributed by atoms with Gasteiger partial charge in [-0.25, -0.2) is 14.4 Å². The molecule has 46 heavy (non-hydrogen) atoms. The molecule has 0 radical (unpaired) electrons. The molecule has 3 amide bonds. The molecule has 1 heterocycles. The molecule has 0 spiro atoms. The van der Waals surface area contributed by atoms with Gasteiger partial charge in [-0.05, 0) is 39.5 Å². The van der Waals surface area contributed by atoms with Crippen LogP contribution in [-0.2, 0) is 43.0 Å². The van der Waals surface area contributed by atoms with E-state index in [-0.39, 0.29) is 19.3 Å². The maximum Gasteiger partial charge on any atom is 0.332 e. The number of ether oxygens (including phenoxy) is 2. The summed E-state index contributed by atoms with van der Waals surface area (Å²) in [6.07, 6.45) is -8.74. The Morgan fingerprint density at radius 3 is 1.93 bits per heavy atom. The minimum Gasteiger partial charge on any atom is -0.480 e. The second-order valence-electron chi connectivity index (χ2n) is 10.8. The zero-order valence-corrected chi connectivity index (χ0v) is 25.5. The van der Waals surface area contributed by atoms with Gasteiger partial charge < -0.3 is 67.1 Å². The minimum atomic E-state index is -1.69. The number of nitrogens with two attached hydrogens (primary N) is 2. The van der Waals surface area contributed by atoms with Gasteiger partial charge in [-0.1, -0.05) is 0 Å². The smallest absolute Gasteiger partial charge is 0.332 e. The number of carbonyl (C=O) groups is 7. The van der Waals surface area contributed by atoms with Crippen LogP contribution in [0.3, 0.4) is 0 Å². The van der Waals surface area contributed by atoms with Crippen molar-refractivity contribution in [1.82, 2.24) is 15.5 Å². The molecule has 12 N–H and O–H groups in total. The van der Waals surface area contributed by atoms with Crippen LogP contribution in [0.25, 0.3) is 0 Å². The number of amides is 3. The van der Waals surface area contributed by atoms with E-state index in [1.165, 1.54) is 6.92 Å². The molecule has 10 atom stereocenters. The second kappa shape index (κ2) is 18.3. The highest BCUT2D eigenvalue weighted by molar-refractivity contribution is 5.90. The van der Waals surface area contributed by atoms with Crippen molar-refractivity contribution in [2.45, 2.75) is 114 Å². The molecule has 1 aliphatic rings. The Morgan fingerprint density at radius 2 is 1.46 bits per heavy atom. The summed E-state index contributed by atoms with van der Waals surface area (Å²) in [5.41, 5.74) is 11.6. The highest BCUT2D eigenvalue weighted by Crippen LogP contribution is 2.27. The maximum absolute atomic E-state index is 13.1. The van der Waals surface area contributed by atoms with Gasteiger partial charge in [0.15, 0.2) is 12.3 Å². The molecule has 0 aromatic rings. The number of aliphatic hydroxyl groups excluding tert-OH is 2. The van der Waals surface area contributed by atoms with Crippen molar-refractivity contribution in [3.05, 3.63) is 0 Å². The number of hydrogen-bond donors (Lipinski definition) is 10. The molecular weight excluding hydrogens is 622 g/mol. The number of carbonyl (C=O) groups excluding carboxylic acids is 3. The Labute approximate surface area is 263 Å². The molecule has 1 rings (SSSR count). The van der Waals surface area contributed by atoms with Crippen LogP contribution in [-0.4, -0.2) is 145 Å². The number of carboxylic acid groups (broad SMARTS) is 4. The van der Waals surface area contributed by atoms with E-state index in [0.717, 1.165) is 18.7 Å². The van der Waals surface area contributed by atoms with Crippen LogP contribution in [0.4, 0.5) is 0 Å². The molecule has 20 nitrogen and oxygen atoms in total. The Hall–Kier alpha value is -3.95. The molecule has 262 valence electrons. The van der Waals surface area contributed by atoms with E-state index >= 15 is 0 Å². The first-order valence-corrected chi connectivity index (χ1v) is 14.2. The predicted molar refractivity (Wildman–Crippen MR) is 152 cm³/mol. The fourth-order valence-corrected chi connectivity index (χ4v) is 4.63. The molecular formula is C26H43N5O15. The topological polar surface area (TPSA) is 339 Å². The van der Waals surface area contributed by atoms with Crippen LogP contribution < -0.4 is 22.1 Å². The number of nitrogens with zero attached hydrogens (tertiary/aromatic N) is 1. The fraction of sp³-hybridized carbons (Fsp3) is 0.731. The van der Waals surface area contributed by atoms with Gasteiger partial charge in [0.05, 0.1) is 12.6 Å². The Kier molecular flexibility index (Phi) is 15.9. The Bertz CT molecular complexity index is 1120. The number of nitrogens with one attached hydrogen (secondary N) is 2. The van der Waals surface area contributed by atoms with Crippen molar-refractivity contribution in [3.8, 4) is 0 Å². The Balaban J connectivity index is 2.99. The number of hydrogen-bond acceptors (Lipinski definition) is 13. The van der Waals surface area contributed by atoms with Crippen molar-refractivity contribution < 1.29 is 73.7 Å². The summed E-state index contributed by atoms with van der Waals surface area (Å²) in [6.45, 7) is 2.58. The fourth-order valence-electron chi connectivity index (χ4n) is 4.63. The van der Waals surface area contributed by atoms with Crippen molar-refractivity contribution >= 4 is 41.6 Å². The van der Waals surface area contributed by atoms with Gasteiger partial charge in [-0.15, -0.1) is 0 Å². The standard InChI is InChI=1S/C26H43N5O15/c1-10(31(12(3)33)22-18(28)20(45-11(2)23(37)38)19(35)16(9-32)46-22)21(36)30-15(26(43)44)7-8-17(34)29-14(25(41)42)6-4-5-13(27)24(39)40/h10-11,13-16,18-20,22,32,35H,4-9,27-28H2,1-3H3,(H,29,34)(H,30,36)(H,37,38)(H,39,40)(H,41,42)(H,43,44)/t10-,11+,13+,14-,15+,16+,18+,19+,20+,22?/m0/s1. The van der Waals surface area contributed by atoms with E-state index < -0.39 is 122 Å². The molecule has 0 bridgehead atoms. The molecule has 1 aliphatic heterocycles. The number of aliphatic hydroxyl groups is 2. The average Bonchev–Trinajstić information content (AvgIpc) is 2.96. The third-order valence-electron chi connectivity index (χ3n) is 7.30. The molecule has 0 aliphatic carbocycles. The lowest BCUT2D eigenvalue weighted by molar-refractivity contribution is -0.245. The van der Waals surface area contributed by atoms with E-state index in [2.05, 4.69) is 10.6 Å². The average molecular weight is 666 g/mol. The molecule has 1 saturated heterocycles. The van der Waals surface area contributed by atoms with Crippen LogP contribution >= 0.6 is 0 Å². The first-order chi connectivity index (χ1) is 21.3. The molecule has 20 heteroatoms. The summed E-state index contributed by atoms with van der Waals surface area (Å²) in [6, 6.07) is -7.26.